The molecular weight excluding hydrogens is 349 g/mol. The third-order valence-electron chi connectivity index (χ3n) is 6.44. The highest BCUT2D eigenvalue weighted by Crippen LogP contribution is 2.61. The Morgan fingerprint density at radius 3 is 2.31 bits per heavy atom. The molecule has 0 aliphatic heterocycles. The van der Waals surface area contributed by atoms with Crippen LogP contribution in [0, 0.1) is 23.6 Å². The minimum atomic E-state index is -0.293. The Bertz CT molecular complexity index is 797. The highest BCUT2D eigenvalue weighted by molar-refractivity contribution is 7.15. The molecule has 2 aromatic rings. The molecule has 1 heterocycles. The summed E-state index contributed by atoms with van der Waals surface area (Å²) in [5, 5.41) is 13.3. The first-order chi connectivity index (χ1) is 12.6. The third kappa shape index (κ3) is 2.94. The van der Waals surface area contributed by atoms with Gasteiger partial charge in [0.2, 0.25) is 11.0 Å². The molecule has 26 heavy (non-hydrogen) atoms. The minimum Gasteiger partial charge on any atom is -0.300 e. The molecule has 136 valence electrons. The van der Waals surface area contributed by atoms with Crippen molar-refractivity contribution in [1.82, 2.24) is 10.2 Å². The van der Waals surface area contributed by atoms with Crippen molar-refractivity contribution in [1.29, 1.82) is 0 Å². The number of hydrogen-bond donors (Lipinski definition) is 1. The largest absolute Gasteiger partial charge is 0.300 e. The Hall–Kier alpha value is -1.82. The van der Waals surface area contributed by atoms with Crippen molar-refractivity contribution < 1.29 is 9.18 Å². The smallest absolute Gasteiger partial charge is 0.230 e. The van der Waals surface area contributed by atoms with Crippen LogP contribution >= 0.6 is 11.3 Å². The van der Waals surface area contributed by atoms with Gasteiger partial charge in [0.1, 0.15) is 10.8 Å². The second kappa shape index (κ2) is 6.12. The van der Waals surface area contributed by atoms with Crippen LogP contribution in [0.1, 0.15) is 49.1 Å². The zero-order valence-electron chi connectivity index (χ0n) is 14.6. The lowest BCUT2D eigenvalue weighted by Gasteiger charge is -2.55. The van der Waals surface area contributed by atoms with Crippen LogP contribution in [-0.4, -0.2) is 16.1 Å². The van der Waals surface area contributed by atoms with Gasteiger partial charge in [-0.15, -0.1) is 10.2 Å². The number of rotatable bonds is 4. The molecule has 4 aliphatic carbocycles. The fourth-order valence-corrected chi connectivity index (χ4v) is 6.79. The average Bonchev–Trinajstić information content (AvgIpc) is 3.05. The van der Waals surface area contributed by atoms with E-state index in [1.54, 1.807) is 23.5 Å². The molecule has 0 radical (unpaired) electrons. The monoisotopic (exact) mass is 371 g/mol. The lowest BCUT2D eigenvalue weighted by atomic mass is 9.50. The standard InChI is InChI=1S/C20H22FN3OS/c21-16-3-1-12(2-4-16)8-17(25)22-19-24-23-18(26-19)20-9-13-5-14(10-20)7-15(6-13)11-20/h1-4,13-15H,5-11H2,(H,22,24,25). The molecule has 1 aromatic carbocycles. The Kier molecular flexibility index (Phi) is 3.85. The van der Waals surface area contributed by atoms with Crippen LogP contribution in [0.5, 0.6) is 0 Å². The van der Waals surface area contributed by atoms with Crippen LogP contribution in [0.3, 0.4) is 0 Å². The Labute approximate surface area is 156 Å². The van der Waals surface area contributed by atoms with E-state index in [-0.39, 0.29) is 23.6 Å². The number of aromatic nitrogens is 2. The van der Waals surface area contributed by atoms with Crippen molar-refractivity contribution in [3.63, 3.8) is 0 Å². The number of halogens is 1. The van der Waals surface area contributed by atoms with E-state index in [1.807, 2.05) is 0 Å². The average molecular weight is 371 g/mol. The summed E-state index contributed by atoms with van der Waals surface area (Å²) in [6, 6.07) is 6.02. The highest BCUT2D eigenvalue weighted by atomic mass is 32.1. The molecule has 1 amide bonds. The predicted octanol–water partition coefficient (Wildman–Crippen LogP) is 4.33. The first-order valence-corrected chi connectivity index (χ1v) is 10.3. The molecule has 0 spiro atoms. The summed E-state index contributed by atoms with van der Waals surface area (Å²) in [4.78, 5) is 12.3. The van der Waals surface area contributed by atoms with Gasteiger partial charge in [-0.3, -0.25) is 4.79 Å². The molecule has 0 unspecified atom stereocenters. The highest BCUT2D eigenvalue weighted by Gasteiger charge is 2.53. The number of carbonyl (C=O) groups excluding carboxylic acids is 1. The van der Waals surface area contributed by atoms with Gasteiger partial charge >= 0.3 is 0 Å². The van der Waals surface area contributed by atoms with Gasteiger partial charge in [0.15, 0.2) is 0 Å². The Morgan fingerprint density at radius 1 is 1.08 bits per heavy atom. The fourth-order valence-electron chi connectivity index (χ4n) is 5.81. The van der Waals surface area contributed by atoms with Crippen molar-refractivity contribution in [2.75, 3.05) is 5.32 Å². The maximum atomic E-state index is 13.0. The van der Waals surface area contributed by atoms with Crippen molar-refractivity contribution in [2.24, 2.45) is 17.8 Å². The van der Waals surface area contributed by atoms with E-state index in [9.17, 15) is 9.18 Å². The summed E-state index contributed by atoms with van der Waals surface area (Å²) in [5.74, 6) is 2.16. The molecule has 4 bridgehead atoms. The number of carbonyl (C=O) groups is 1. The summed E-state index contributed by atoms with van der Waals surface area (Å²) >= 11 is 1.55. The zero-order chi connectivity index (χ0) is 17.7. The maximum Gasteiger partial charge on any atom is 0.230 e. The van der Waals surface area contributed by atoms with Gasteiger partial charge in [0.05, 0.1) is 6.42 Å². The van der Waals surface area contributed by atoms with Crippen LogP contribution in [-0.2, 0) is 16.6 Å². The number of hydrogen-bond acceptors (Lipinski definition) is 4. The normalized spacial score (nSPS) is 32.0. The van der Waals surface area contributed by atoms with Gasteiger partial charge in [0, 0.05) is 5.41 Å². The van der Waals surface area contributed by atoms with E-state index >= 15 is 0 Å². The van der Waals surface area contributed by atoms with E-state index in [4.69, 9.17) is 0 Å². The van der Waals surface area contributed by atoms with Gasteiger partial charge < -0.3 is 5.32 Å². The fraction of sp³-hybridized carbons (Fsp3) is 0.550. The summed E-state index contributed by atoms with van der Waals surface area (Å²) in [6.07, 6.45) is 8.16. The van der Waals surface area contributed by atoms with E-state index in [0.29, 0.717) is 5.13 Å². The molecule has 0 atom stereocenters. The summed E-state index contributed by atoms with van der Waals surface area (Å²) < 4.78 is 13.0. The van der Waals surface area contributed by atoms with Gasteiger partial charge in [-0.25, -0.2) is 4.39 Å². The molecule has 0 saturated heterocycles. The summed E-state index contributed by atoms with van der Waals surface area (Å²) in [7, 11) is 0. The quantitative estimate of drug-likeness (QED) is 0.870. The molecule has 1 N–H and O–H groups in total. The van der Waals surface area contributed by atoms with Crippen molar-refractivity contribution in [3.05, 3.63) is 40.7 Å². The lowest BCUT2D eigenvalue weighted by Crippen LogP contribution is -2.48. The predicted molar refractivity (Wildman–Crippen MR) is 98.5 cm³/mol. The van der Waals surface area contributed by atoms with Gasteiger partial charge in [0.25, 0.3) is 0 Å². The first-order valence-electron chi connectivity index (χ1n) is 9.46. The van der Waals surface area contributed by atoms with E-state index in [0.717, 1.165) is 28.3 Å². The van der Waals surface area contributed by atoms with Gasteiger partial charge in [-0.1, -0.05) is 23.5 Å². The number of anilines is 1. The van der Waals surface area contributed by atoms with Gasteiger partial charge in [-0.2, -0.15) is 0 Å². The topological polar surface area (TPSA) is 54.9 Å². The molecule has 4 nitrogen and oxygen atoms in total. The van der Waals surface area contributed by atoms with E-state index in [2.05, 4.69) is 15.5 Å². The van der Waals surface area contributed by atoms with Crippen LogP contribution < -0.4 is 5.32 Å². The van der Waals surface area contributed by atoms with Crippen LogP contribution in [0.25, 0.3) is 0 Å². The van der Waals surface area contributed by atoms with E-state index < -0.39 is 0 Å². The number of amides is 1. The van der Waals surface area contributed by atoms with Gasteiger partial charge in [-0.05, 0) is 74.0 Å². The van der Waals surface area contributed by atoms with Crippen molar-refractivity contribution in [3.8, 4) is 0 Å². The van der Waals surface area contributed by atoms with Crippen LogP contribution in [0.2, 0.25) is 0 Å². The van der Waals surface area contributed by atoms with Crippen LogP contribution in [0.4, 0.5) is 9.52 Å². The maximum absolute atomic E-state index is 13.0. The number of nitrogens with one attached hydrogen (secondary N) is 1. The number of nitrogens with zero attached hydrogens (tertiary/aromatic N) is 2. The summed E-state index contributed by atoms with van der Waals surface area (Å²) in [5.41, 5.74) is 1.00. The molecule has 4 fully saturated rings. The first kappa shape index (κ1) is 16.4. The molecule has 4 saturated carbocycles. The third-order valence-corrected chi connectivity index (χ3v) is 7.53. The number of benzene rings is 1. The molecular formula is C20H22FN3OS. The Morgan fingerprint density at radius 2 is 1.69 bits per heavy atom. The molecule has 6 heteroatoms. The van der Waals surface area contributed by atoms with Crippen molar-refractivity contribution >= 4 is 22.4 Å². The zero-order valence-corrected chi connectivity index (χ0v) is 15.4. The second-order valence-corrected chi connectivity index (χ2v) is 9.44. The Balaban J connectivity index is 1.28. The van der Waals surface area contributed by atoms with E-state index in [1.165, 1.54) is 50.7 Å². The molecule has 4 aliphatic rings. The summed E-state index contributed by atoms with van der Waals surface area (Å²) in [6.45, 7) is 0. The molecule has 1 aromatic heterocycles. The lowest BCUT2D eigenvalue weighted by molar-refractivity contribution is -0.115. The SMILES string of the molecule is O=C(Cc1ccc(F)cc1)Nc1nnc(C23CC4CC(CC(C4)C2)C3)s1. The minimum absolute atomic E-state index is 0.134. The van der Waals surface area contributed by atoms with Crippen molar-refractivity contribution in [2.45, 2.75) is 50.4 Å². The molecule has 6 rings (SSSR count). The van der Waals surface area contributed by atoms with Crippen LogP contribution in [0.15, 0.2) is 24.3 Å². The second-order valence-electron chi connectivity index (χ2n) is 8.46.